The number of anilines is 1. The van der Waals surface area contributed by atoms with Crippen molar-refractivity contribution in [2.75, 3.05) is 20.0 Å². The molecule has 3 heteroatoms. The van der Waals surface area contributed by atoms with Crippen molar-refractivity contribution in [1.29, 1.82) is 0 Å². The Morgan fingerprint density at radius 1 is 0.833 bits per heavy atom. The molecule has 0 unspecified atom stereocenters. The van der Waals surface area contributed by atoms with Crippen molar-refractivity contribution in [3.8, 4) is 22.6 Å². The molecule has 0 fully saturated rings. The molecule has 2 aromatic carbocycles. The maximum Gasteiger partial charge on any atom is 0.123 e. The smallest absolute Gasteiger partial charge is 0.123 e. The van der Waals surface area contributed by atoms with E-state index in [1.807, 2.05) is 43.3 Å². The van der Waals surface area contributed by atoms with Crippen LogP contribution in [0.3, 0.4) is 0 Å². The predicted octanol–water partition coefficient (Wildman–Crippen LogP) is 3.26. The van der Waals surface area contributed by atoms with Crippen LogP contribution in [0.2, 0.25) is 0 Å². The zero-order valence-corrected chi connectivity index (χ0v) is 10.9. The molecule has 0 aliphatic carbocycles. The van der Waals surface area contributed by atoms with Gasteiger partial charge in [0, 0.05) is 11.8 Å². The molecule has 0 aliphatic heterocycles. The molecule has 0 radical (unpaired) electrons. The molecule has 2 rings (SSSR count). The largest absolute Gasteiger partial charge is 0.497 e. The lowest BCUT2D eigenvalue weighted by Gasteiger charge is -2.10. The molecule has 3 nitrogen and oxygen atoms in total. The molecular weight excluding hydrogens is 226 g/mol. The van der Waals surface area contributed by atoms with Gasteiger partial charge < -0.3 is 15.2 Å². The van der Waals surface area contributed by atoms with Crippen LogP contribution in [0.5, 0.6) is 11.5 Å². The summed E-state index contributed by atoms with van der Waals surface area (Å²) >= 11 is 0. The number of hydrogen-bond acceptors (Lipinski definition) is 3. The third-order valence-electron chi connectivity index (χ3n) is 2.96. The Hall–Kier alpha value is -2.16. The summed E-state index contributed by atoms with van der Waals surface area (Å²) in [6, 6.07) is 11.8. The van der Waals surface area contributed by atoms with Gasteiger partial charge in [-0.2, -0.15) is 0 Å². The maximum atomic E-state index is 5.94. The molecule has 18 heavy (non-hydrogen) atoms. The van der Waals surface area contributed by atoms with Crippen LogP contribution in [-0.2, 0) is 0 Å². The second kappa shape index (κ2) is 5.00. The fourth-order valence-corrected chi connectivity index (χ4v) is 1.79. The number of nitrogens with two attached hydrogens (primary N) is 1. The molecule has 0 saturated heterocycles. The van der Waals surface area contributed by atoms with Crippen molar-refractivity contribution in [3.63, 3.8) is 0 Å². The average molecular weight is 243 g/mol. The minimum atomic E-state index is 0.767. The maximum absolute atomic E-state index is 5.94. The van der Waals surface area contributed by atoms with Gasteiger partial charge in [0.25, 0.3) is 0 Å². The monoisotopic (exact) mass is 243 g/mol. The molecular formula is C15H17NO2. The second-order valence-electron chi connectivity index (χ2n) is 4.17. The summed E-state index contributed by atoms with van der Waals surface area (Å²) in [6.07, 6.45) is 0. The number of ether oxygens (including phenoxy) is 2. The van der Waals surface area contributed by atoms with Crippen LogP contribution in [0, 0.1) is 6.92 Å². The molecule has 0 aliphatic rings. The van der Waals surface area contributed by atoms with Gasteiger partial charge in [0.15, 0.2) is 0 Å². The van der Waals surface area contributed by atoms with Gasteiger partial charge in [0.2, 0.25) is 0 Å². The van der Waals surface area contributed by atoms with E-state index in [0.717, 1.165) is 33.9 Å². The topological polar surface area (TPSA) is 44.5 Å². The minimum absolute atomic E-state index is 0.767. The third kappa shape index (κ3) is 2.40. The predicted molar refractivity (Wildman–Crippen MR) is 74.1 cm³/mol. The van der Waals surface area contributed by atoms with E-state index >= 15 is 0 Å². The Morgan fingerprint density at radius 2 is 1.44 bits per heavy atom. The van der Waals surface area contributed by atoms with Crippen molar-refractivity contribution in [1.82, 2.24) is 0 Å². The molecule has 94 valence electrons. The number of rotatable bonds is 3. The van der Waals surface area contributed by atoms with Gasteiger partial charge in [-0.3, -0.25) is 0 Å². The van der Waals surface area contributed by atoms with E-state index < -0.39 is 0 Å². The van der Waals surface area contributed by atoms with Gasteiger partial charge in [0.1, 0.15) is 11.5 Å². The molecule has 0 amide bonds. The van der Waals surface area contributed by atoms with Crippen molar-refractivity contribution in [2.24, 2.45) is 0 Å². The number of hydrogen-bond donors (Lipinski definition) is 1. The van der Waals surface area contributed by atoms with Crippen LogP contribution in [0.1, 0.15) is 5.56 Å². The number of benzene rings is 2. The van der Waals surface area contributed by atoms with E-state index in [-0.39, 0.29) is 0 Å². The Morgan fingerprint density at radius 3 is 1.94 bits per heavy atom. The van der Waals surface area contributed by atoms with Crippen molar-refractivity contribution >= 4 is 5.69 Å². The fourth-order valence-electron chi connectivity index (χ4n) is 1.79. The average Bonchev–Trinajstić information content (AvgIpc) is 2.41. The third-order valence-corrected chi connectivity index (χ3v) is 2.96. The highest BCUT2D eigenvalue weighted by atomic mass is 16.5. The first-order chi connectivity index (χ1) is 8.63. The van der Waals surface area contributed by atoms with Gasteiger partial charge in [-0.15, -0.1) is 0 Å². The Labute approximate surface area is 107 Å². The Kier molecular flexibility index (Phi) is 3.42. The highest BCUT2D eigenvalue weighted by molar-refractivity contribution is 5.71. The van der Waals surface area contributed by atoms with Gasteiger partial charge in [-0.05, 0) is 41.8 Å². The molecule has 0 bridgehead atoms. The molecule has 0 spiro atoms. The van der Waals surface area contributed by atoms with Gasteiger partial charge >= 0.3 is 0 Å². The summed E-state index contributed by atoms with van der Waals surface area (Å²) in [5.41, 5.74) is 9.88. The first-order valence-electron chi connectivity index (χ1n) is 5.73. The number of aryl methyl sites for hydroxylation is 1. The SMILES string of the molecule is COc1cc(OC)cc(-c2ccc(C)c(N)c2)c1. The summed E-state index contributed by atoms with van der Waals surface area (Å²) in [5, 5.41) is 0. The van der Waals surface area contributed by atoms with E-state index in [9.17, 15) is 0 Å². The summed E-state index contributed by atoms with van der Waals surface area (Å²) in [4.78, 5) is 0. The van der Waals surface area contributed by atoms with E-state index in [4.69, 9.17) is 15.2 Å². The lowest BCUT2D eigenvalue weighted by atomic mass is 10.0. The van der Waals surface area contributed by atoms with Crippen LogP contribution >= 0.6 is 0 Å². The molecule has 0 heterocycles. The van der Waals surface area contributed by atoms with Gasteiger partial charge in [0.05, 0.1) is 14.2 Å². The highest BCUT2D eigenvalue weighted by Crippen LogP contribution is 2.31. The number of nitrogen functional groups attached to an aromatic ring is 1. The summed E-state index contributed by atoms with van der Waals surface area (Å²) in [6.45, 7) is 1.99. The summed E-state index contributed by atoms with van der Waals surface area (Å²) in [5.74, 6) is 1.53. The minimum Gasteiger partial charge on any atom is -0.497 e. The molecule has 0 aromatic heterocycles. The second-order valence-corrected chi connectivity index (χ2v) is 4.17. The van der Waals surface area contributed by atoms with E-state index in [1.54, 1.807) is 14.2 Å². The first kappa shape index (κ1) is 12.3. The van der Waals surface area contributed by atoms with E-state index in [2.05, 4.69) is 0 Å². The lowest BCUT2D eigenvalue weighted by Crippen LogP contribution is -1.92. The van der Waals surface area contributed by atoms with Crippen LogP contribution in [0.15, 0.2) is 36.4 Å². The number of methoxy groups -OCH3 is 2. The van der Waals surface area contributed by atoms with Crippen molar-refractivity contribution in [2.45, 2.75) is 6.92 Å². The van der Waals surface area contributed by atoms with Crippen molar-refractivity contribution < 1.29 is 9.47 Å². The lowest BCUT2D eigenvalue weighted by molar-refractivity contribution is 0.394. The highest BCUT2D eigenvalue weighted by Gasteiger charge is 2.05. The summed E-state index contributed by atoms with van der Waals surface area (Å²) in [7, 11) is 3.28. The molecule has 2 N–H and O–H groups in total. The van der Waals surface area contributed by atoms with E-state index in [0.29, 0.717) is 0 Å². The van der Waals surface area contributed by atoms with Crippen LogP contribution < -0.4 is 15.2 Å². The molecule has 0 atom stereocenters. The fraction of sp³-hybridized carbons (Fsp3) is 0.200. The Balaban J connectivity index is 2.51. The van der Waals surface area contributed by atoms with Gasteiger partial charge in [-0.25, -0.2) is 0 Å². The zero-order valence-electron chi connectivity index (χ0n) is 10.9. The first-order valence-corrected chi connectivity index (χ1v) is 5.73. The molecule has 2 aromatic rings. The quantitative estimate of drug-likeness (QED) is 0.841. The van der Waals surface area contributed by atoms with Crippen LogP contribution in [0.25, 0.3) is 11.1 Å². The van der Waals surface area contributed by atoms with Crippen LogP contribution in [0.4, 0.5) is 5.69 Å². The Bertz CT molecular complexity index is 542. The van der Waals surface area contributed by atoms with Gasteiger partial charge in [-0.1, -0.05) is 12.1 Å². The van der Waals surface area contributed by atoms with Crippen molar-refractivity contribution in [3.05, 3.63) is 42.0 Å². The van der Waals surface area contributed by atoms with E-state index in [1.165, 1.54) is 0 Å². The van der Waals surface area contributed by atoms with Crippen LogP contribution in [-0.4, -0.2) is 14.2 Å². The zero-order chi connectivity index (χ0) is 13.1. The molecule has 0 saturated carbocycles. The standard InChI is InChI=1S/C15H17NO2/c1-10-4-5-11(8-15(10)16)12-6-13(17-2)9-14(7-12)18-3/h4-9H,16H2,1-3H3. The summed E-state index contributed by atoms with van der Waals surface area (Å²) < 4.78 is 10.5. The normalized spacial score (nSPS) is 10.2.